The van der Waals surface area contributed by atoms with Gasteiger partial charge in [0.2, 0.25) is 5.60 Å². The van der Waals surface area contributed by atoms with E-state index in [0.29, 0.717) is 19.3 Å². The Morgan fingerprint density at radius 2 is 0.625 bits per heavy atom. The minimum Gasteiger partial charge on any atom is -0.444 e. The third-order valence-electron chi connectivity index (χ3n) is 14.6. The van der Waals surface area contributed by atoms with E-state index in [1.165, 1.54) is 180 Å². The fourth-order valence-electron chi connectivity index (χ4n) is 9.76. The van der Waals surface area contributed by atoms with Crippen LogP contribution in [-0.4, -0.2) is 91.6 Å². The summed E-state index contributed by atoms with van der Waals surface area (Å²) in [5, 5.41) is 64.3. The zero-order valence-electron chi connectivity index (χ0n) is 47.0. The van der Waals surface area contributed by atoms with Gasteiger partial charge in [-0.1, -0.05) is 284 Å². The van der Waals surface area contributed by atoms with E-state index in [2.05, 4.69) is 20.8 Å². The molecular formula is C60H116O12. The summed E-state index contributed by atoms with van der Waals surface area (Å²) in [6.45, 7) is 4.53. The topological polar surface area (TPSA) is 200 Å². The van der Waals surface area contributed by atoms with E-state index in [4.69, 9.17) is 14.2 Å². The second-order valence-electron chi connectivity index (χ2n) is 21.5. The van der Waals surface area contributed by atoms with Crippen LogP contribution in [0, 0.1) is 0 Å². The number of carbonyl (C=O) groups is 3. The number of carbonyl (C=O) groups excluding carboxylic acids is 3. The van der Waals surface area contributed by atoms with Gasteiger partial charge in [-0.05, 0) is 19.3 Å². The van der Waals surface area contributed by atoms with Gasteiger partial charge in [0.1, 0.15) is 12.2 Å². The van der Waals surface area contributed by atoms with Gasteiger partial charge in [-0.15, -0.1) is 0 Å². The zero-order valence-corrected chi connectivity index (χ0v) is 47.0. The van der Waals surface area contributed by atoms with Gasteiger partial charge in [0, 0.05) is 19.3 Å². The minimum atomic E-state index is -3.41. The maximum atomic E-state index is 14.4. The van der Waals surface area contributed by atoms with Crippen molar-refractivity contribution in [2.45, 2.75) is 352 Å². The first kappa shape index (κ1) is 70.2. The first-order valence-corrected chi connectivity index (χ1v) is 30.6. The molecule has 0 heterocycles. The van der Waals surface area contributed by atoms with Crippen LogP contribution in [0.2, 0.25) is 0 Å². The SMILES string of the molecule is CCCCCCCCCCCCCCCCCC(=O)OC(O)(OC(=O)C(CCCCCCCCCCCCCCCC)(OC(=O)CCCCCCCCCCCCCCCCC)C(O)C(O)CO)C(O)CO. The molecule has 0 aromatic rings. The molecule has 0 aliphatic heterocycles. The Balaban J connectivity index is 5.52. The Morgan fingerprint density at radius 3 is 0.903 bits per heavy atom. The van der Waals surface area contributed by atoms with Crippen LogP contribution in [0.15, 0.2) is 0 Å². The number of esters is 3. The van der Waals surface area contributed by atoms with Crippen LogP contribution in [0.4, 0.5) is 0 Å². The number of aliphatic hydroxyl groups is 6. The maximum absolute atomic E-state index is 14.4. The summed E-state index contributed by atoms with van der Waals surface area (Å²) >= 11 is 0. The Bertz CT molecular complexity index is 1220. The average Bonchev–Trinajstić information content (AvgIpc) is 3.37. The molecule has 0 fully saturated rings. The van der Waals surface area contributed by atoms with Crippen LogP contribution >= 0.6 is 0 Å². The van der Waals surface area contributed by atoms with Crippen LogP contribution in [-0.2, 0) is 28.6 Å². The maximum Gasteiger partial charge on any atom is 0.403 e. The third-order valence-corrected chi connectivity index (χ3v) is 14.6. The Kier molecular flexibility index (Phi) is 48.7. The summed E-state index contributed by atoms with van der Waals surface area (Å²) in [4.78, 5) is 41.0. The van der Waals surface area contributed by atoms with Gasteiger partial charge < -0.3 is 44.8 Å². The van der Waals surface area contributed by atoms with Crippen LogP contribution in [0.3, 0.4) is 0 Å². The first-order chi connectivity index (χ1) is 35.0. The zero-order chi connectivity index (χ0) is 53.2. The number of rotatable bonds is 56. The third kappa shape index (κ3) is 37.8. The van der Waals surface area contributed by atoms with E-state index in [1.54, 1.807) is 0 Å². The minimum absolute atomic E-state index is 0.105. The lowest BCUT2D eigenvalue weighted by atomic mass is 9.86. The Hall–Kier alpha value is -1.83. The molecule has 0 aromatic heterocycles. The lowest BCUT2D eigenvalue weighted by Gasteiger charge is -2.39. The predicted molar refractivity (Wildman–Crippen MR) is 292 cm³/mol. The normalized spacial score (nSPS) is 14.6. The molecule has 0 rings (SSSR count). The molecule has 0 radical (unpaired) electrons. The number of ether oxygens (including phenoxy) is 3. The van der Waals surface area contributed by atoms with Crippen LogP contribution < -0.4 is 0 Å². The summed E-state index contributed by atoms with van der Waals surface area (Å²) < 4.78 is 16.3. The molecule has 12 nitrogen and oxygen atoms in total. The molecule has 0 saturated heterocycles. The summed E-state index contributed by atoms with van der Waals surface area (Å²) in [6.07, 6.45) is 41.8. The van der Waals surface area contributed by atoms with Crippen molar-refractivity contribution in [3.8, 4) is 0 Å². The van der Waals surface area contributed by atoms with Crippen molar-refractivity contribution >= 4 is 17.9 Å². The molecule has 12 heteroatoms. The number of hydrogen-bond acceptors (Lipinski definition) is 12. The van der Waals surface area contributed by atoms with Crippen molar-refractivity contribution in [3.05, 3.63) is 0 Å². The quantitative estimate of drug-likeness (QED) is 0.0192. The summed E-state index contributed by atoms with van der Waals surface area (Å²) in [7, 11) is 0. The molecule has 0 aliphatic carbocycles. The van der Waals surface area contributed by atoms with E-state index >= 15 is 0 Å². The summed E-state index contributed by atoms with van der Waals surface area (Å²) in [6, 6.07) is 0. The highest BCUT2D eigenvalue weighted by molar-refractivity contribution is 5.85. The highest BCUT2D eigenvalue weighted by atomic mass is 16.9. The predicted octanol–water partition coefficient (Wildman–Crippen LogP) is 14.5. The van der Waals surface area contributed by atoms with E-state index in [9.17, 15) is 45.0 Å². The number of unbranched alkanes of at least 4 members (excludes halogenated alkanes) is 41. The van der Waals surface area contributed by atoms with Crippen molar-refractivity contribution in [2.75, 3.05) is 13.2 Å². The molecule has 0 bridgehead atoms. The lowest BCUT2D eigenvalue weighted by Crippen LogP contribution is -2.62. The van der Waals surface area contributed by atoms with E-state index in [-0.39, 0.29) is 25.7 Å². The Morgan fingerprint density at radius 1 is 0.361 bits per heavy atom. The van der Waals surface area contributed by atoms with Crippen molar-refractivity contribution in [3.63, 3.8) is 0 Å². The van der Waals surface area contributed by atoms with Gasteiger partial charge in [0.15, 0.2) is 6.10 Å². The number of hydrogen-bond donors (Lipinski definition) is 6. The Labute approximate surface area is 441 Å². The fourth-order valence-corrected chi connectivity index (χ4v) is 9.76. The molecule has 0 aromatic carbocycles. The van der Waals surface area contributed by atoms with Crippen LogP contribution in [0.1, 0.15) is 323 Å². The van der Waals surface area contributed by atoms with Crippen molar-refractivity contribution in [1.29, 1.82) is 0 Å². The molecule has 0 saturated carbocycles. The summed E-state index contributed by atoms with van der Waals surface area (Å²) in [5.41, 5.74) is -2.66. The smallest absolute Gasteiger partial charge is 0.403 e. The molecule has 6 N–H and O–H groups in total. The highest BCUT2D eigenvalue weighted by Crippen LogP contribution is 2.33. The molecule has 5 atom stereocenters. The van der Waals surface area contributed by atoms with Gasteiger partial charge >= 0.3 is 23.9 Å². The molecule has 0 spiro atoms. The molecule has 0 aliphatic rings. The highest BCUT2D eigenvalue weighted by Gasteiger charge is 2.57. The monoisotopic (exact) mass is 1030 g/mol. The molecule has 0 amide bonds. The average molecular weight is 1030 g/mol. The van der Waals surface area contributed by atoms with E-state index in [0.717, 1.165) is 77.0 Å². The first-order valence-electron chi connectivity index (χ1n) is 30.6. The second kappa shape index (κ2) is 50.0. The van der Waals surface area contributed by atoms with Crippen molar-refractivity contribution in [1.82, 2.24) is 0 Å². The van der Waals surface area contributed by atoms with Gasteiger partial charge in [0.25, 0.3) is 0 Å². The van der Waals surface area contributed by atoms with E-state index in [1.807, 2.05) is 0 Å². The number of aliphatic hydroxyl groups excluding tert-OH is 5. The van der Waals surface area contributed by atoms with Crippen molar-refractivity contribution in [2.24, 2.45) is 0 Å². The van der Waals surface area contributed by atoms with Crippen LogP contribution in [0.5, 0.6) is 0 Å². The molecule has 428 valence electrons. The fraction of sp³-hybridized carbons (Fsp3) is 0.950. The van der Waals surface area contributed by atoms with Gasteiger partial charge in [-0.3, -0.25) is 9.59 Å². The second-order valence-corrected chi connectivity index (χ2v) is 21.5. The van der Waals surface area contributed by atoms with Crippen LogP contribution in [0.25, 0.3) is 0 Å². The van der Waals surface area contributed by atoms with E-state index < -0.39 is 61.0 Å². The summed E-state index contributed by atoms with van der Waals surface area (Å²) in [5.74, 6) is -6.85. The van der Waals surface area contributed by atoms with Gasteiger partial charge in [-0.2, -0.15) is 0 Å². The van der Waals surface area contributed by atoms with Gasteiger partial charge in [0.05, 0.1) is 13.2 Å². The largest absolute Gasteiger partial charge is 0.444 e. The molecule has 72 heavy (non-hydrogen) atoms. The lowest BCUT2D eigenvalue weighted by molar-refractivity contribution is -0.369. The molecule has 5 unspecified atom stereocenters. The van der Waals surface area contributed by atoms with Crippen molar-refractivity contribution < 1.29 is 59.2 Å². The molecular weight excluding hydrogens is 913 g/mol. The van der Waals surface area contributed by atoms with Gasteiger partial charge in [-0.25, -0.2) is 4.79 Å². The standard InChI is InChI=1S/C60H116O12/c1-4-7-10-13-16-19-22-25-28-30-33-36-39-42-45-48-55(65)70-59(57(67)53(63)51-61,50-47-44-41-38-35-32-27-24-21-18-15-12-9-6-3)58(68)72-60(69,54(64)52-62)71-56(66)49-46-43-40-37-34-31-29-26-23-20-17-14-11-8-5-2/h53-54,57,61-64,67,69H,4-52H2,1-3H3.